The molecule has 7 heteroatoms. The second-order valence-corrected chi connectivity index (χ2v) is 8.64. The molecule has 1 atom stereocenters. The Kier molecular flexibility index (Phi) is 4.98. The average molecular weight is 409 g/mol. The normalized spacial score (nSPS) is 17.9. The highest BCUT2D eigenvalue weighted by Crippen LogP contribution is 2.41. The summed E-state index contributed by atoms with van der Waals surface area (Å²) in [6.07, 6.45) is 0. The van der Waals surface area contributed by atoms with Crippen molar-refractivity contribution in [2.45, 2.75) is 5.37 Å². The third-order valence-corrected chi connectivity index (χ3v) is 6.47. The molecule has 0 saturated carbocycles. The molecule has 148 valence electrons. The van der Waals surface area contributed by atoms with Crippen LogP contribution in [0.2, 0.25) is 0 Å². The van der Waals surface area contributed by atoms with Crippen LogP contribution in [0.4, 0.5) is 5.69 Å². The molecule has 1 fully saturated rings. The highest BCUT2D eigenvalue weighted by Gasteiger charge is 2.46. The molecule has 3 aromatic carbocycles. The fourth-order valence-corrected chi connectivity index (χ4v) is 5.15. The van der Waals surface area contributed by atoms with Crippen LogP contribution in [-0.4, -0.2) is 27.2 Å². The van der Waals surface area contributed by atoms with Crippen LogP contribution in [-0.2, 0) is 14.6 Å². The smallest absolute Gasteiger partial charge is 0.243 e. The van der Waals surface area contributed by atoms with Crippen LogP contribution >= 0.6 is 0 Å². The van der Waals surface area contributed by atoms with Gasteiger partial charge in [0.05, 0.1) is 12.8 Å². The highest BCUT2D eigenvalue weighted by molar-refractivity contribution is 7.93. The van der Waals surface area contributed by atoms with E-state index in [4.69, 9.17) is 9.47 Å². The fourth-order valence-electron chi connectivity index (χ4n) is 3.38. The van der Waals surface area contributed by atoms with Gasteiger partial charge in [-0.15, -0.1) is 0 Å². The number of methoxy groups -OCH3 is 1. The second-order valence-electron chi connectivity index (χ2n) is 6.58. The lowest BCUT2D eigenvalue weighted by atomic mass is 10.1. The van der Waals surface area contributed by atoms with Gasteiger partial charge in [0.1, 0.15) is 23.0 Å². The zero-order chi connectivity index (χ0) is 20.4. The van der Waals surface area contributed by atoms with Crippen LogP contribution in [0.5, 0.6) is 17.2 Å². The van der Waals surface area contributed by atoms with Crippen molar-refractivity contribution in [1.82, 2.24) is 0 Å². The van der Waals surface area contributed by atoms with Gasteiger partial charge in [-0.2, -0.15) is 0 Å². The van der Waals surface area contributed by atoms with Crippen LogP contribution in [0.3, 0.4) is 0 Å². The van der Waals surface area contributed by atoms with Crippen molar-refractivity contribution in [3.05, 3.63) is 84.4 Å². The summed E-state index contributed by atoms with van der Waals surface area (Å²) in [6, 6.07) is 22.9. The first-order valence-electron chi connectivity index (χ1n) is 8.99. The zero-order valence-corrected chi connectivity index (χ0v) is 16.5. The number of para-hydroxylation sites is 3. The summed E-state index contributed by atoms with van der Waals surface area (Å²) >= 11 is 0. The summed E-state index contributed by atoms with van der Waals surface area (Å²) in [5, 5.41) is -1.11. The summed E-state index contributed by atoms with van der Waals surface area (Å²) in [7, 11) is -2.22. The number of nitrogens with zero attached hydrogens (tertiary/aromatic N) is 1. The van der Waals surface area contributed by atoms with Crippen molar-refractivity contribution in [3.63, 3.8) is 0 Å². The Balaban J connectivity index is 1.70. The number of ether oxygens (including phenoxy) is 2. The predicted molar refractivity (Wildman–Crippen MR) is 110 cm³/mol. The second kappa shape index (κ2) is 7.60. The molecule has 0 N–H and O–H groups in total. The van der Waals surface area contributed by atoms with Crippen molar-refractivity contribution in [2.24, 2.45) is 0 Å². The fraction of sp³-hybridized carbons (Fsp3) is 0.136. The number of rotatable bonds is 5. The molecule has 1 saturated heterocycles. The van der Waals surface area contributed by atoms with Gasteiger partial charge in [-0.1, -0.05) is 42.5 Å². The molecule has 0 aliphatic carbocycles. The van der Waals surface area contributed by atoms with E-state index in [1.807, 2.05) is 30.3 Å². The minimum Gasteiger partial charge on any atom is -0.495 e. The van der Waals surface area contributed by atoms with Crippen molar-refractivity contribution < 1.29 is 22.7 Å². The predicted octanol–water partition coefficient (Wildman–Crippen LogP) is 3.95. The largest absolute Gasteiger partial charge is 0.495 e. The van der Waals surface area contributed by atoms with E-state index in [9.17, 15) is 13.2 Å². The molecule has 4 rings (SSSR count). The Bertz CT molecular complexity index is 1130. The van der Waals surface area contributed by atoms with E-state index in [1.165, 1.54) is 12.0 Å². The average Bonchev–Trinajstić information content (AvgIpc) is 2.97. The Morgan fingerprint density at radius 1 is 0.862 bits per heavy atom. The number of hydrogen-bond acceptors (Lipinski definition) is 5. The molecule has 1 aliphatic rings. The van der Waals surface area contributed by atoms with Gasteiger partial charge < -0.3 is 9.47 Å². The number of carbonyl (C=O) groups excluding carboxylic acids is 1. The lowest BCUT2D eigenvalue weighted by molar-refractivity contribution is -0.115. The molecule has 29 heavy (non-hydrogen) atoms. The first-order valence-corrected chi connectivity index (χ1v) is 10.7. The lowest BCUT2D eigenvalue weighted by Gasteiger charge is -2.25. The van der Waals surface area contributed by atoms with Gasteiger partial charge in [0.15, 0.2) is 15.2 Å². The first kappa shape index (κ1) is 19.0. The van der Waals surface area contributed by atoms with Crippen LogP contribution in [0.1, 0.15) is 10.9 Å². The monoisotopic (exact) mass is 409 g/mol. The summed E-state index contributed by atoms with van der Waals surface area (Å²) in [6.45, 7) is 0. The summed E-state index contributed by atoms with van der Waals surface area (Å²) in [4.78, 5) is 13.9. The topological polar surface area (TPSA) is 72.9 Å². The van der Waals surface area contributed by atoms with Gasteiger partial charge in [-0.25, -0.2) is 8.42 Å². The number of anilines is 1. The van der Waals surface area contributed by atoms with Gasteiger partial charge in [-0.05, 0) is 42.0 Å². The molecular weight excluding hydrogens is 390 g/mol. The number of carbonyl (C=O) groups is 1. The highest BCUT2D eigenvalue weighted by atomic mass is 32.2. The Morgan fingerprint density at radius 3 is 2.17 bits per heavy atom. The molecule has 1 unspecified atom stereocenters. The molecule has 0 radical (unpaired) electrons. The van der Waals surface area contributed by atoms with E-state index in [1.54, 1.807) is 48.5 Å². The summed E-state index contributed by atoms with van der Waals surface area (Å²) in [5.74, 6) is 0.666. The van der Waals surface area contributed by atoms with Gasteiger partial charge in [0.25, 0.3) is 0 Å². The molecule has 1 heterocycles. The molecule has 6 nitrogen and oxygen atoms in total. The van der Waals surface area contributed by atoms with Gasteiger partial charge >= 0.3 is 0 Å². The molecule has 1 aliphatic heterocycles. The summed E-state index contributed by atoms with van der Waals surface area (Å²) in [5.41, 5.74) is 0.915. The van der Waals surface area contributed by atoms with Crippen molar-refractivity contribution in [3.8, 4) is 17.2 Å². The SMILES string of the molecule is COc1ccccc1N1C(=O)CS(=O)(=O)C1c1ccc(Oc2ccccc2)cc1. The zero-order valence-electron chi connectivity index (χ0n) is 15.7. The van der Waals surface area contributed by atoms with E-state index in [-0.39, 0.29) is 0 Å². The van der Waals surface area contributed by atoms with Gasteiger partial charge in [0, 0.05) is 0 Å². The molecule has 0 bridgehead atoms. The van der Waals surface area contributed by atoms with Crippen LogP contribution < -0.4 is 14.4 Å². The molecule has 0 spiro atoms. The van der Waals surface area contributed by atoms with Crippen molar-refractivity contribution in [1.29, 1.82) is 0 Å². The minimum absolute atomic E-state index is 0.427. The van der Waals surface area contributed by atoms with Crippen LogP contribution in [0, 0.1) is 0 Å². The van der Waals surface area contributed by atoms with E-state index < -0.39 is 26.9 Å². The number of benzene rings is 3. The molecular formula is C22H19NO5S. The van der Waals surface area contributed by atoms with E-state index in [0.29, 0.717) is 28.5 Å². The Morgan fingerprint density at radius 2 is 1.48 bits per heavy atom. The maximum Gasteiger partial charge on any atom is 0.243 e. The van der Waals surface area contributed by atoms with Gasteiger partial charge in [-0.3, -0.25) is 9.69 Å². The Hall–Kier alpha value is -3.32. The molecule has 0 aromatic heterocycles. The van der Waals surface area contributed by atoms with Crippen molar-refractivity contribution in [2.75, 3.05) is 17.8 Å². The lowest BCUT2D eigenvalue weighted by Crippen LogP contribution is -2.29. The molecule has 1 amide bonds. The number of sulfone groups is 1. The summed E-state index contributed by atoms with van der Waals surface area (Å²) < 4.78 is 36.7. The maximum atomic E-state index is 12.8. The quantitative estimate of drug-likeness (QED) is 0.638. The number of amides is 1. The van der Waals surface area contributed by atoms with E-state index in [0.717, 1.165) is 0 Å². The third-order valence-electron chi connectivity index (χ3n) is 4.66. The van der Waals surface area contributed by atoms with Crippen LogP contribution in [0.15, 0.2) is 78.9 Å². The number of hydrogen-bond donors (Lipinski definition) is 0. The standard InChI is InChI=1S/C22H19NO5S/c1-27-20-10-6-5-9-19(20)23-21(24)15-29(25,26)22(23)16-11-13-18(14-12-16)28-17-7-3-2-4-8-17/h2-14,22H,15H2,1H3. The third kappa shape index (κ3) is 3.69. The van der Waals surface area contributed by atoms with Crippen molar-refractivity contribution >= 4 is 21.4 Å². The first-order chi connectivity index (χ1) is 14.0. The Labute approximate surface area is 169 Å². The molecule has 3 aromatic rings. The minimum atomic E-state index is -3.70. The van der Waals surface area contributed by atoms with Crippen LogP contribution in [0.25, 0.3) is 0 Å². The van der Waals surface area contributed by atoms with E-state index >= 15 is 0 Å². The van der Waals surface area contributed by atoms with E-state index in [2.05, 4.69) is 0 Å². The maximum absolute atomic E-state index is 12.8. The van der Waals surface area contributed by atoms with Gasteiger partial charge in [0.2, 0.25) is 5.91 Å².